The normalized spacial score (nSPS) is 10.5. The number of hydrogen-bond donors (Lipinski definition) is 1. The monoisotopic (exact) mass is 280 g/mol. The van der Waals surface area contributed by atoms with Crippen molar-refractivity contribution in [3.05, 3.63) is 71.6 Å². The van der Waals surface area contributed by atoms with Crippen LogP contribution >= 0.6 is 0 Å². The van der Waals surface area contributed by atoms with Crippen molar-refractivity contribution >= 4 is 5.97 Å². The van der Waals surface area contributed by atoms with Gasteiger partial charge in [0.2, 0.25) is 11.8 Å². The molecule has 5 heteroatoms. The Morgan fingerprint density at radius 1 is 1.00 bits per heavy atom. The van der Waals surface area contributed by atoms with Crippen molar-refractivity contribution in [1.29, 1.82) is 0 Å². The highest BCUT2D eigenvalue weighted by molar-refractivity contribution is 5.88. The van der Waals surface area contributed by atoms with Gasteiger partial charge in [-0.3, -0.25) is 0 Å². The Morgan fingerprint density at radius 3 is 2.38 bits per heavy atom. The van der Waals surface area contributed by atoms with Crippen LogP contribution in [0.1, 0.15) is 21.8 Å². The molecule has 1 heterocycles. The van der Waals surface area contributed by atoms with Crippen molar-refractivity contribution in [2.45, 2.75) is 6.42 Å². The molecule has 3 aromatic rings. The van der Waals surface area contributed by atoms with Crippen LogP contribution in [0.25, 0.3) is 11.5 Å². The van der Waals surface area contributed by atoms with Gasteiger partial charge in [-0.15, -0.1) is 10.2 Å². The van der Waals surface area contributed by atoms with Gasteiger partial charge in [0.15, 0.2) is 0 Å². The summed E-state index contributed by atoms with van der Waals surface area (Å²) < 4.78 is 5.60. The molecule has 0 saturated heterocycles. The molecule has 2 aromatic carbocycles. The minimum atomic E-state index is -0.961. The molecule has 0 aliphatic carbocycles. The first kappa shape index (κ1) is 13.1. The van der Waals surface area contributed by atoms with Gasteiger partial charge in [-0.1, -0.05) is 30.3 Å². The summed E-state index contributed by atoms with van der Waals surface area (Å²) in [5.74, 6) is -0.0479. The molecule has 0 spiro atoms. The molecule has 0 saturated carbocycles. The Bertz CT molecular complexity index is 749. The number of nitrogens with zero attached hydrogens (tertiary/aromatic N) is 2. The van der Waals surface area contributed by atoms with Crippen LogP contribution in [0.3, 0.4) is 0 Å². The fourth-order valence-corrected chi connectivity index (χ4v) is 1.97. The summed E-state index contributed by atoms with van der Waals surface area (Å²) in [5.41, 5.74) is 2.02. The van der Waals surface area contributed by atoms with Crippen molar-refractivity contribution in [3.8, 4) is 11.5 Å². The molecule has 0 radical (unpaired) electrons. The lowest BCUT2D eigenvalue weighted by Crippen LogP contribution is -1.94. The van der Waals surface area contributed by atoms with Gasteiger partial charge in [0.25, 0.3) is 0 Å². The number of carboxylic acids is 1. The predicted molar refractivity (Wildman–Crippen MR) is 75.9 cm³/mol. The van der Waals surface area contributed by atoms with Gasteiger partial charge < -0.3 is 9.52 Å². The van der Waals surface area contributed by atoms with Crippen molar-refractivity contribution in [2.24, 2.45) is 0 Å². The lowest BCUT2D eigenvalue weighted by Gasteiger charge is -1.97. The number of carbonyl (C=O) groups is 1. The Labute approximate surface area is 120 Å². The van der Waals surface area contributed by atoms with Crippen LogP contribution < -0.4 is 0 Å². The first-order valence-corrected chi connectivity index (χ1v) is 6.42. The first-order valence-electron chi connectivity index (χ1n) is 6.42. The summed E-state index contributed by atoms with van der Waals surface area (Å²) >= 11 is 0. The van der Waals surface area contributed by atoms with Crippen molar-refractivity contribution < 1.29 is 14.3 Å². The van der Waals surface area contributed by atoms with Gasteiger partial charge in [-0.2, -0.15) is 0 Å². The van der Waals surface area contributed by atoms with Crippen LogP contribution in [0.4, 0.5) is 0 Å². The molecule has 0 atom stereocenters. The van der Waals surface area contributed by atoms with E-state index < -0.39 is 5.97 Å². The van der Waals surface area contributed by atoms with E-state index in [1.54, 1.807) is 12.1 Å². The van der Waals surface area contributed by atoms with E-state index in [2.05, 4.69) is 10.2 Å². The third kappa shape index (κ3) is 2.97. The number of carboxylic acid groups (broad SMARTS) is 1. The maximum atomic E-state index is 10.8. The Hall–Kier alpha value is -2.95. The largest absolute Gasteiger partial charge is 0.478 e. The molecule has 0 bridgehead atoms. The number of benzene rings is 2. The lowest BCUT2D eigenvalue weighted by molar-refractivity contribution is 0.0697. The summed E-state index contributed by atoms with van der Waals surface area (Å²) in [6.07, 6.45) is 0.570. The minimum absolute atomic E-state index is 0.225. The van der Waals surface area contributed by atoms with Crippen LogP contribution in [-0.2, 0) is 6.42 Å². The van der Waals surface area contributed by atoms with E-state index in [-0.39, 0.29) is 5.56 Å². The SMILES string of the molecule is O=C(O)c1ccc(-c2nnc(Cc3ccccc3)o2)cc1. The second kappa shape index (κ2) is 5.58. The first-order chi connectivity index (χ1) is 10.2. The molecule has 5 nitrogen and oxygen atoms in total. The molecule has 0 aliphatic heterocycles. The summed E-state index contributed by atoms with van der Waals surface area (Å²) in [5, 5.41) is 16.9. The summed E-state index contributed by atoms with van der Waals surface area (Å²) in [6.45, 7) is 0. The van der Waals surface area contributed by atoms with E-state index >= 15 is 0 Å². The Balaban J connectivity index is 1.80. The summed E-state index contributed by atoms with van der Waals surface area (Å²) in [7, 11) is 0. The standard InChI is InChI=1S/C16H12N2O3/c19-16(20)13-8-6-12(7-9-13)15-18-17-14(21-15)10-11-4-2-1-3-5-11/h1-9H,10H2,(H,19,20). The minimum Gasteiger partial charge on any atom is -0.478 e. The van der Waals surface area contributed by atoms with Gasteiger partial charge >= 0.3 is 5.97 Å². The van der Waals surface area contributed by atoms with E-state index in [9.17, 15) is 4.79 Å². The zero-order valence-electron chi connectivity index (χ0n) is 11.1. The Morgan fingerprint density at radius 2 is 1.71 bits per heavy atom. The van der Waals surface area contributed by atoms with E-state index in [1.165, 1.54) is 12.1 Å². The van der Waals surface area contributed by atoms with Gasteiger partial charge in [0.1, 0.15) is 0 Å². The molecule has 0 fully saturated rings. The van der Waals surface area contributed by atoms with Gasteiger partial charge in [-0.25, -0.2) is 4.79 Å². The summed E-state index contributed by atoms with van der Waals surface area (Å²) in [6, 6.07) is 16.2. The highest BCUT2D eigenvalue weighted by Crippen LogP contribution is 2.19. The van der Waals surface area contributed by atoms with Crippen molar-refractivity contribution in [3.63, 3.8) is 0 Å². The summed E-state index contributed by atoms with van der Waals surface area (Å²) in [4.78, 5) is 10.8. The molecule has 3 rings (SSSR count). The second-order valence-electron chi connectivity index (χ2n) is 4.55. The molecule has 1 aromatic heterocycles. The third-order valence-corrected chi connectivity index (χ3v) is 3.04. The average molecular weight is 280 g/mol. The molecule has 0 unspecified atom stereocenters. The zero-order valence-corrected chi connectivity index (χ0v) is 11.1. The molecule has 104 valence electrons. The Kier molecular flexibility index (Phi) is 3.47. The highest BCUT2D eigenvalue weighted by atomic mass is 16.4. The fraction of sp³-hybridized carbons (Fsp3) is 0.0625. The van der Waals surface area contributed by atoms with Crippen LogP contribution in [0, 0.1) is 0 Å². The average Bonchev–Trinajstić information content (AvgIpc) is 2.97. The van der Waals surface area contributed by atoms with E-state index in [1.807, 2.05) is 30.3 Å². The maximum absolute atomic E-state index is 10.8. The van der Waals surface area contributed by atoms with Crippen LogP contribution in [0.15, 0.2) is 59.0 Å². The fourth-order valence-electron chi connectivity index (χ4n) is 1.97. The topological polar surface area (TPSA) is 76.2 Å². The van der Waals surface area contributed by atoms with Gasteiger partial charge in [-0.05, 0) is 29.8 Å². The number of aromatic nitrogens is 2. The highest BCUT2D eigenvalue weighted by Gasteiger charge is 2.10. The zero-order chi connectivity index (χ0) is 14.7. The van der Waals surface area contributed by atoms with Crippen LogP contribution in [-0.4, -0.2) is 21.3 Å². The van der Waals surface area contributed by atoms with Crippen molar-refractivity contribution in [2.75, 3.05) is 0 Å². The predicted octanol–water partition coefficient (Wildman–Crippen LogP) is 3.03. The molecule has 0 amide bonds. The van der Waals surface area contributed by atoms with Crippen LogP contribution in [0.5, 0.6) is 0 Å². The number of rotatable bonds is 4. The quantitative estimate of drug-likeness (QED) is 0.795. The maximum Gasteiger partial charge on any atom is 0.335 e. The van der Waals surface area contributed by atoms with E-state index in [0.717, 1.165) is 5.56 Å². The number of aromatic carboxylic acids is 1. The molecular formula is C16H12N2O3. The van der Waals surface area contributed by atoms with E-state index in [4.69, 9.17) is 9.52 Å². The van der Waals surface area contributed by atoms with E-state index in [0.29, 0.717) is 23.8 Å². The molecule has 0 aliphatic rings. The lowest BCUT2D eigenvalue weighted by atomic mass is 10.1. The number of hydrogen-bond acceptors (Lipinski definition) is 4. The van der Waals surface area contributed by atoms with Crippen molar-refractivity contribution in [1.82, 2.24) is 10.2 Å². The van der Waals surface area contributed by atoms with Crippen LogP contribution in [0.2, 0.25) is 0 Å². The molecule has 1 N–H and O–H groups in total. The van der Waals surface area contributed by atoms with Gasteiger partial charge in [0.05, 0.1) is 12.0 Å². The molecule has 21 heavy (non-hydrogen) atoms. The molecular weight excluding hydrogens is 268 g/mol. The van der Waals surface area contributed by atoms with Gasteiger partial charge in [0, 0.05) is 5.56 Å². The smallest absolute Gasteiger partial charge is 0.335 e. The third-order valence-electron chi connectivity index (χ3n) is 3.04. The second-order valence-corrected chi connectivity index (χ2v) is 4.55.